The molecule has 6 rings (SSSR count). The average Bonchev–Trinajstić information content (AvgIpc) is 3.43. The Bertz CT molecular complexity index is 1430. The number of hydrogen-bond donors (Lipinski definition) is 1. The van der Waals surface area contributed by atoms with Crippen LogP contribution < -0.4 is 0 Å². The minimum Gasteiger partial charge on any atom is -0.378 e. The maximum absolute atomic E-state index is 13.7. The Balaban J connectivity index is 1.44. The topological polar surface area (TPSA) is 65.6 Å². The molecule has 3 heterocycles. The molecule has 6 nitrogen and oxygen atoms in total. The number of rotatable bonds is 5. The third-order valence-corrected chi connectivity index (χ3v) is 7.35. The summed E-state index contributed by atoms with van der Waals surface area (Å²) in [6.07, 6.45) is 0.290. The Morgan fingerprint density at radius 2 is 1.69 bits per heavy atom. The lowest BCUT2D eigenvalue weighted by molar-refractivity contribution is -0.135. The second-order valence-electron chi connectivity index (χ2n) is 9.56. The molecule has 0 aliphatic carbocycles. The number of aromatic amines is 1. The van der Waals surface area contributed by atoms with E-state index < -0.39 is 0 Å². The van der Waals surface area contributed by atoms with E-state index in [-0.39, 0.29) is 17.9 Å². The zero-order chi connectivity index (χ0) is 24.6. The molecule has 1 fully saturated rings. The van der Waals surface area contributed by atoms with E-state index in [1.807, 2.05) is 46.2 Å². The highest BCUT2D eigenvalue weighted by molar-refractivity contribution is 6.02. The number of ether oxygens (including phenoxy) is 1. The van der Waals surface area contributed by atoms with E-state index in [2.05, 4.69) is 48.3 Å². The van der Waals surface area contributed by atoms with E-state index in [0.717, 1.165) is 33.3 Å². The number of para-hydroxylation sites is 1. The molecule has 1 aromatic heterocycles. The highest BCUT2D eigenvalue weighted by atomic mass is 16.5. The molecular formula is C30H29N3O3. The van der Waals surface area contributed by atoms with Crippen LogP contribution in [0.15, 0.2) is 72.8 Å². The molecule has 3 aromatic carbocycles. The predicted octanol–water partition coefficient (Wildman–Crippen LogP) is 4.94. The monoisotopic (exact) mass is 479 g/mol. The minimum atomic E-state index is -0.279. The Morgan fingerprint density at radius 3 is 2.50 bits per heavy atom. The molecule has 2 amide bonds. The molecule has 0 bridgehead atoms. The Hall–Kier alpha value is -3.90. The number of hydrogen-bond acceptors (Lipinski definition) is 3. The van der Waals surface area contributed by atoms with Crippen molar-refractivity contribution in [3.63, 3.8) is 0 Å². The number of benzene rings is 3. The number of aromatic nitrogens is 1. The van der Waals surface area contributed by atoms with E-state index >= 15 is 0 Å². The van der Waals surface area contributed by atoms with Crippen molar-refractivity contribution in [1.29, 1.82) is 0 Å². The number of H-pyrrole nitrogens is 1. The van der Waals surface area contributed by atoms with Crippen molar-refractivity contribution in [2.45, 2.75) is 19.4 Å². The van der Waals surface area contributed by atoms with Gasteiger partial charge in [0.1, 0.15) is 0 Å². The van der Waals surface area contributed by atoms with E-state index in [4.69, 9.17) is 4.74 Å². The van der Waals surface area contributed by atoms with Gasteiger partial charge >= 0.3 is 0 Å². The Labute approximate surface area is 210 Å². The van der Waals surface area contributed by atoms with Gasteiger partial charge in [-0.15, -0.1) is 0 Å². The lowest BCUT2D eigenvalue weighted by atomic mass is 9.93. The van der Waals surface area contributed by atoms with Crippen LogP contribution in [0, 0.1) is 6.92 Å². The van der Waals surface area contributed by atoms with Gasteiger partial charge in [0.2, 0.25) is 5.91 Å². The maximum atomic E-state index is 13.7. The number of nitrogens with zero attached hydrogens (tertiary/aromatic N) is 2. The first kappa shape index (κ1) is 22.6. The highest BCUT2D eigenvalue weighted by Gasteiger charge is 2.40. The fourth-order valence-corrected chi connectivity index (χ4v) is 5.49. The van der Waals surface area contributed by atoms with E-state index in [1.165, 1.54) is 5.56 Å². The molecule has 0 saturated carbocycles. The molecule has 1 saturated heterocycles. The van der Waals surface area contributed by atoms with Crippen LogP contribution in [-0.2, 0) is 9.53 Å². The molecule has 2 aliphatic heterocycles. The number of morpholine rings is 1. The molecular weight excluding hydrogens is 450 g/mol. The normalized spacial score (nSPS) is 17.6. The number of carbonyl (C=O) groups is 2. The maximum Gasteiger partial charge on any atom is 0.255 e. The van der Waals surface area contributed by atoms with Crippen LogP contribution in [0.1, 0.15) is 39.5 Å². The second-order valence-corrected chi connectivity index (χ2v) is 9.56. The first-order valence-electron chi connectivity index (χ1n) is 12.5. The van der Waals surface area contributed by atoms with E-state index in [9.17, 15) is 9.59 Å². The van der Waals surface area contributed by atoms with Gasteiger partial charge in [-0.3, -0.25) is 9.59 Å². The van der Waals surface area contributed by atoms with Gasteiger partial charge in [-0.25, -0.2) is 0 Å². The number of amides is 2. The summed E-state index contributed by atoms with van der Waals surface area (Å²) >= 11 is 0. The minimum absolute atomic E-state index is 0.0227. The SMILES string of the molecule is Cc1ccc(-c2[nH]c3ccccc3c2[C@@H]2c3ccccc3C(=O)N2CCC(=O)N2CCOCC2)cc1. The highest BCUT2D eigenvalue weighted by Crippen LogP contribution is 2.45. The fraction of sp³-hybridized carbons (Fsp3) is 0.267. The summed E-state index contributed by atoms with van der Waals surface area (Å²) in [6.45, 7) is 4.79. The Morgan fingerprint density at radius 1 is 0.972 bits per heavy atom. The summed E-state index contributed by atoms with van der Waals surface area (Å²) in [5.41, 5.74) is 7.08. The third kappa shape index (κ3) is 3.88. The number of aryl methyl sites for hydroxylation is 1. The molecule has 1 atom stereocenters. The average molecular weight is 480 g/mol. The largest absolute Gasteiger partial charge is 0.378 e. The Kier molecular flexibility index (Phi) is 5.82. The molecule has 0 spiro atoms. The summed E-state index contributed by atoms with van der Waals surface area (Å²) < 4.78 is 5.39. The van der Waals surface area contributed by atoms with Gasteiger partial charge in [0.15, 0.2) is 0 Å². The van der Waals surface area contributed by atoms with Gasteiger partial charge in [-0.05, 0) is 30.2 Å². The molecule has 2 aliphatic rings. The van der Waals surface area contributed by atoms with E-state index in [1.54, 1.807) is 0 Å². The predicted molar refractivity (Wildman–Crippen MR) is 140 cm³/mol. The molecule has 4 aromatic rings. The molecule has 36 heavy (non-hydrogen) atoms. The van der Waals surface area contributed by atoms with Gasteiger partial charge in [0.25, 0.3) is 5.91 Å². The van der Waals surface area contributed by atoms with Crippen molar-refractivity contribution >= 4 is 22.7 Å². The van der Waals surface area contributed by atoms with Crippen LogP contribution in [0.3, 0.4) is 0 Å². The van der Waals surface area contributed by atoms with Crippen molar-refractivity contribution in [2.24, 2.45) is 0 Å². The van der Waals surface area contributed by atoms with Gasteiger partial charge in [0.05, 0.1) is 24.9 Å². The zero-order valence-corrected chi connectivity index (χ0v) is 20.4. The zero-order valence-electron chi connectivity index (χ0n) is 20.4. The summed E-state index contributed by atoms with van der Waals surface area (Å²) in [6, 6.07) is 24.3. The van der Waals surface area contributed by atoms with Crippen LogP contribution in [0.5, 0.6) is 0 Å². The van der Waals surface area contributed by atoms with E-state index in [0.29, 0.717) is 44.8 Å². The standard InChI is InChI=1S/C30H29N3O3/c1-20-10-12-21(13-11-20)28-27(24-8-4-5-9-25(24)31-28)29-22-6-2-3-7-23(22)30(35)33(29)15-14-26(34)32-16-18-36-19-17-32/h2-13,29,31H,14-19H2,1H3/t29-/m0/s1. The van der Waals surface area contributed by atoms with Crippen molar-refractivity contribution in [1.82, 2.24) is 14.8 Å². The van der Waals surface area contributed by atoms with Gasteiger partial charge in [0, 0.05) is 48.1 Å². The molecule has 6 heteroatoms. The van der Waals surface area contributed by atoms with Gasteiger partial charge in [-0.1, -0.05) is 66.2 Å². The molecule has 182 valence electrons. The summed E-state index contributed by atoms with van der Waals surface area (Å²) in [5.74, 6) is 0.0454. The summed E-state index contributed by atoms with van der Waals surface area (Å²) in [5, 5.41) is 1.09. The van der Waals surface area contributed by atoms with Crippen LogP contribution in [-0.4, -0.2) is 59.4 Å². The summed E-state index contributed by atoms with van der Waals surface area (Å²) in [7, 11) is 0. The van der Waals surface area contributed by atoms with Crippen molar-refractivity contribution in [3.8, 4) is 11.3 Å². The molecule has 1 N–H and O–H groups in total. The number of nitrogens with one attached hydrogen (secondary N) is 1. The summed E-state index contributed by atoms with van der Waals surface area (Å²) in [4.78, 5) is 34.0. The van der Waals surface area contributed by atoms with Crippen molar-refractivity contribution in [2.75, 3.05) is 32.8 Å². The van der Waals surface area contributed by atoms with Crippen molar-refractivity contribution in [3.05, 3.63) is 95.1 Å². The van der Waals surface area contributed by atoms with Crippen LogP contribution in [0.4, 0.5) is 0 Å². The van der Waals surface area contributed by atoms with Crippen LogP contribution >= 0.6 is 0 Å². The van der Waals surface area contributed by atoms with Crippen LogP contribution in [0.2, 0.25) is 0 Å². The quantitative estimate of drug-likeness (QED) is 0.441. The van der Waals surface area contributed by atoms with Crippen LogP contribution in [0.25, 0.3) is 22.2 Å². The van der Waals surface area contributed by atoms with Crippen molar-refractivity contribution < 1.29 is 14.3 Å². The first-order valence-corrected chi connectivity index (χ1v) is 12.5. The smallest absolute Gasteiger partial charge is 0.255 e. The number of carbonyl (C=O) groups excluding carboxylic acids is 2. The molecule has 0 unspecified atom stereocenters. The third-order valence-electron chi connectivity index (χ3n) is 7.35. The lowest BCUT2D eigenvalue weighted by Crippen LogP contribution is -2.42. The van der Waals surface area contributed by atoms with Gasteiger partial charge in [-0.2, -0.15) is 0 Å². The molecule has 0 radical (unpaired) electrons. The second kappa shape index (κ2) is 9.28. The first-order chi connectivity index (χ1) is 17.6. The van der Waals surface area contributed by atoms with Gasteiger partial charge < -0.3 is 19.5 Å². The fourth-order valence-electron chi connectivity index (χ4n) is 5.49. The lowest BCUT2D eigenvalue weighted by Gasteiger charge is -2.30. The number of fused-ring (bicyclic) bond motifs is 2.